The SMILES string of the molecule is N#Cc1ccc(NC2CCCCCC2N)c(F)c1. The first-order valence-corrected chi connectivity index (χ1v) is 6.42. The number of hydrogen-bond acceptors (Lipinski definition) is 3. The number of rotatable bonds is 2. The minimum absolute atomic E-state index is 0.0718. The van der Waals surface area contributed by atoms with Crippen molar-refractivity contribution in [1.82, 2.24) is 0 Å². The van der Waals surface area contributed by atoms with Crippen LogP contribution in [0.2, 0.25) is 0 Å². The summed E-state index contributed by atoms with van der Waals surface area (Å²) in [7, 11) is 0. The van der Waals surface area contributed by atoms with Crippen LogP contribution in [0.25, 0.3) is 0 Å². The number of nitrogens with two attached hydrogens (primary N) is 1. The van der Waals surface area contributed by atoms with Crippen molar-refractivity contribution in [2.75, 3.05) is 5.32 Å². The fraction of sp³-hybridized carbons (Fsp3) is 0.500. The van der Waals surface area contributed by atoms with Crippen LogP contribution >= 0.6 is 0 Å². The highest BCUT2D eigenvalue weighted by molar-refractivity contribution is 5.49. The van der Waals surface area contributed by atoms with Crippen LogP contribution in [0, 0.1) is 17.1 Å². The Morgan fingerprint density at radius 2 is 2.06 bits per heavy atom. The molecule has 2 rings (SSSR count). The van der Waals surface area contributed by atoms with Crippen LogP contribution in [0.15, 0.2) is 18.2 Å². The first-order chi connectivity index (χ1) is 8.70. The second-order valence-corrected chi connectivity index (χ2v) is 4.86. The molecule has 0 spiro atoms. The molecule has 96 valence electrons. The van der Waals surface area contributed by atoms with Gasteiger partial charge in [0.15, 0.2) is 0 Å². The van der Waals surface area contributed by atoms with Crippen LogP contribution in [0.1, 0.15) is 37.7 Å². The van der Waals surface area contributed by atoms with Gasteiger partial charge in [-0.3, -0.25) is 0 Å². The van der Waals surface area contributed by atoms with Crippen LogP contribution in [-0.4, -0.2) is 12.1 Å². The minimum Gasteiger partial charge on any atom is -0.378 e. The number of nitrogens with one attached hydrogen (secondary N) is 1. The molecule has 4 heteroatoms. The fourth-order valence-electron chi connectivity index (χ4n) is 2.42. The molecule has 2 unspecified atom stereocenters. The van der Waals surface area contributed by atoms with Gasteiger partial charge in [0.25, 0.3) is 0 Å². The molecule has 18 heavy (non-hydrogen) atoms. The molecule has 1 saturated carbocycles. The van der Waals surface area contributed by atoms with Gasteiger partial charge in [-0.05, 0) is 31.0 Å². The summed E-state index contributed by atoms with van der Waals surface area (Å²) < 4.78 is 13.8. The van der Waals surface area contributed by atoms with Crippen molar-refractivity contribution in [2.24, 2.45) is 5.73 Å². The van der Waals surface area contributed by atoms with E-state index >= 15 is 0 Å². The summed E-state index contributed by atoms with van der Waals surface area (Å²) in [4.78, 5) is 0. The Hall–Kier alpha value is -1.60. The predicted octanol–water partition coefficient (Wildman–Crippen LogP) is 2.77. The van der Waals surface area contributed by atoms with Gasteiger partial charge in [0.05, 0.1) is 17.3 Å². The lowest BCUT2D eigenvalue weighted by Gasteiger charge is -2.24. The van der Waals surface area contributed by atoms with Crippen LogP contribution < -0.4 is 11.1 Å². The molecule has 1 aliphatic carbocycles. The summed E-state index contributed by atoms with van der Waals surface area (Å²) in [6.07, 6.45) is 5.43. The highest BCUT2D eigenvalue weighted by Gasteiger charge is 2.21. The highest BCUT2D eigenvalue weighted by Crippen LogP contribution is 2.22. The van der Waals surface area contributed by atoms with Crippen molar-refractivity contribution in [3.63, 3.8) is 0 Å². The van der Waals surface area contributed by atoms with Crippen molar-refractivity contribution in [3.8, 4) is 6.07 Å². The Morgan fingerprint density at radius 1 is 1.28 bits per heavy atom. The predicted molar refractivity (Wildman–Crippen MR) is 69.6 cm³/mol. The molecule has 0 aliphatic heterocycles. The third kappa shape index (κ3) is 2.99. The van der Waals surface area contributed by atoms with Crippen LogP contribution in [-0.2, 0) is 0 Å². The van der Waals surface area contributed by atoms with Crippen molar-refractivity contribution in [3.05, 3.63) is 29.6 Å². The van der Waals surface area contributed by atoms with Gasteiger partial charge >= 0.3 is 0 Å². The van der Waals surface area contributed by atoms with Crippen molar-refractivity contribution in [1.29, 1.82) is 5.26 Å². The van der Waals surface area contributed by atoms with E-state index in [0.717, 1.165) is 25.7 Å². The van der Waals surface area contributed by atoms with E-state index in [1.807, 2.05) is 6.07 Å². The van der Waals surface area contributed by atoms with Crippen molar-refractivity contribution < 1.29 is 4.39 Å². The van der Waals surface area contributed by atoms with Gasteiger partial charge in [0, 0.05) is 12.1 Å². The lowest BCUT2D eigenvalue weighted by Crippen LogP contribution is -2.39. The van der Waals surface area contributed by atoms with E-state index in [-0.39, 0.29) is 17.9 Å². The number of benzene rings is 1. The molecule has 1 aromatic carbocycles. The highest BCUT2D eigenvalue weighted by atomic mass is 19.1. The Morgan fingerprint density at radius 3 is 2.78 bits per heavy atom. The maximum Gasteiger partial charge on any atom is 0.147 e. The number of anilines is 1. The molecule has 0 saturated heterocycles. The fourth-order valence-corrected chi connectivity index (χ4v) is 2.42. The summed E-state index contributed by atoms with van der Waals surface area (Å²) in [5.41, 5.74) is 6.87. The van der Waals surface area contributed by atoms with Crippen LogP contribution in [0.5, 0.6) is 0 Å². The maximum absolute atomic E-state index is 13.8. The topological polar surface area (TPSA) is 61.8 Å². The summed E-state index contributed by atoms with van der Waals surface area (Å²) in [5.74, 6) is -0.384. The van der Waals surface area contributed by atoms with E-state index < -0.39 is 0 Å². The van der Waals surface area contributed by atoms with Gasteiger partial charge < -0.3 is 11.1 Å². The molecule has 1 aliphatic rings. The van der Waals surface area contributed by atoms with E-state index in [9.17, 15) is 4.39 Å². The number of nitriles is 1. The van der Waals surface area contributed by atoms with Gasteiger partial charge in [-0.2, -0.15) is 5.26 Å². The molecule has 0 radical (unpaired) electrons. The monoisotopic (exact) mass is 247 g/mol. The smallest absolute Gasteiger partial charge is 0.147 e. The lowest BCUT2D eigenvalue weighted by molar-refractivity contribution is 0.523. The molecule has 3 nitrogen and oxygen atoms in total. The van der Waals surface area contributed by atoms with Crippen molar-refractivity contribution >= 4 is 5.69 Å². The standard InChI is InChI=1S/C14H18FN3/c15-11-8-10(9-16)6-7-13(11)18-14-5-3-1-2-4-12(14)17/h6-8,12,14,18H,1-5,17H2. The number of nitrogens with zero attached hydrogens (tertiary/aromatic N) is 1. The average Bonchev–Trinajstić information content (AvgIpc) is 2.57. The Labute approximate surface area is 107 Å². The summed E-state index contributed by atoms with van der Waals surface area (Å²) in [5, 5.41) is 11.9. The molecule has 3 N–H and O–H groups in total. The maximum atomic E-state index is 13.8. The quantitative estimate of drug-likeness (QED) is 0.790. The van der Waals surface area contributed by atoms with Gasteiger partial charge in [-0.1, -0.05) is 19.3 Å². The van der Waals surface area contributed by atoms with E-state index in [4.69, 9.17) is 11.0 Å². The Bertz CT molecular complexity index is 453. The second-order valence-electron chi connectivity index (χ2n) is 4.86. The number of halogens is 1. The zero-order valence-electron chi connectivity index (χ0n) is 10.3. The van der Waals surface area contributed by atoms with E-state index in [1.54, 1.807) is 12.1 Å². The van der Waals surface area contributed by atoms with Crippen molar-refractivity contribution in [2.45, 2.75) is 44.2 Å². The summed E-state index contributed by atoms with van der Waals surface area (Å²) >= 11 is 0. The third-order valence-corrected chi connectivity index (χ3v) is 3.51. The second kappa shape index (κ2) is 5.83. The molecule has 0 aromatic heterocycles. The average molecular weight is 247 g/mol. The normalized spacial score (nSPS) is 24.1. The van der Waals surface area contributed by atoms with E-state index in [1.165, 1.54) is 12.5 Å². The Kier molecular flexibility index (Phi) is 4.16. The summed E-state index contributed by atoms with van der Waals surface area (Å²) in [6, 6.07) is 6.61. The Balaban J connectivity index is 2.10. The number of hydrogen-bond donors (Lipinski definition) is 2. The molecule has 2 atom stereocenters. The zero-order valence-corrected chi connectivity index (χ0v) is 10.3. The van der Waals surface area contributed by atoms with Gasteiger partial charge in [0.2, 0.25) is 0 Å². The molecule has 1 aromatic rings. The molecule has 0 bridgehead atoms. The minimum atomic E-state index is -0.384. The van der Waals surface area contributed by atoms with Gasteiger partial charge in [-0.15, -0.1) is 0 Å². The lowest BCUT2D eigenvalue weighted by atomic mass is 10.0. The van der Waals surface area contributed by atoms with Gasteiger partial charge in [-0.25, -0.2) is 4.39 Å². The molecule has 0 heterocycles. The first kappa shape index (κ1) is 12.8. The summed E-state index contributed by atoms with van der Waals surface area (Å²) in [6.45, 7) is 0. The molecule has 0 amide bonds. The largest absolute Gasteiger partial charge is 0.378 e. The molecular formula is C14H18FN3. The molecule has 1 fully saturated rings. The first-order valence-electron chi connectivity index (χ1n) is 6.42. The van der Waals surface area contributed by atoms with E-state index in [0.29, 0.717) is 11.3 Å². The third-order valence-electron chi connectivity index (χ3n) is 3.51. The van der Waals surface area contributed by atoms with Gasteiger partial charge in [0.1, 0.15) is 5.82 Å². The van der Waals surface area contributed by atoms with Crippen LogP contribution in [0.3, 0.4) is 0 Å². The zero-order chi connectivity index (χ0) is 13.0. The van der Waals surface area contributed by atoms with E-state index in [2.05, 4.69) is 5.32 Å². The molecular weight excluding hydrogens is 229 g/mol. The van der Waals surface area contributed by atoms with Crippen LogP contribution in [0.4, 0.5) is 10.1 Å².